The highest BCUT2D eigenvalue weighted by molar-refractivity contribution is 5.88. The van der Waals surface area contributed by atoms with Crippen LogP contribution >= 0.6 is 0 Å². The molecule has 1 atom stereocenters. The van der Waals surface area contributed by atoms with Gasteiger partial charge in [-0.1, -0.05) is 246 Å². The van der Waals surface area contributed by atoms with Crippen LogP contribution in [-0.4, -0.2) is 147 Å². The first-order valence-electron chi connectivity index (χ1n) is 39.2. The molecule has 92 heavy (non-hydrogen) atoms. The molecule has 0 aliphatic carbocycles. The number of hydrogen-bond acceptors (Lipinski definition) is 12. The molecule has 0 heterocycles. The van der Waals surface area contributed by atoms with Crippen LogP contribution in [0.4, 0.5) is 0 Å². The Balaban J connectivity index is 5.30. The molecule has 2 amide bonds. The number of carboxylic acid groups (broad SMARTS) is 1. The predicted molar refractivity (Wildman–Crippen MR) is 383 cm³/mol. The zero-order valence-electron chi connectivity index (χ0n) is 61.2. The van der Waals surface area contributed by atoms with Crippen molar-refractivity contribution in [2.75, 3.05) is 79.7 Å². The Labute approximate surface area is 566 Å². The summed E-state index contributed by atoms with van der Waals surface area (Å²) in [4.78, 5) is 83.0. The first kappa shape index (κ1) is 88.7. The fourth-order valence-electron chi connectivity index (χ4n) is 12.2. The van der Waals surface area contributed by atoms with Gasteiger partial charge in [0.05, 0.1) is 25.7 Å². The van der Waals surface area contributed by atoms with Crippen LogP contribution in [0.5, 0.6) is 0 Å². The molecule has 0 spiro atoms. The van der Waals surface area contributed by atoms with E-state index in [0.29, 0.717) is 65.1 Å². The van der Waals surface area contributed by atoms with Gasteiger partial charge in [0.2, 0.25) is 11.8 Å². The number of hydrogen-bond donors (Lipinski definition) is 3. The summed E-state index contributed by atoms with van der Waals surface area (Å²) in [6, 6.07) is -0.624. The van der Waals surface area contributed by atoms with Gasteiger partial charge in [0.25, 0.3) is 0 Å². The van der Waals surface area contributed by atoms with Crippen molar-refractivity contribution in [3.63, 3.8) is 0 Å². The van der Waals surface area contributed by atoms with Gasteiger partial charge in [0.15, 0.2) is 0 Å². The van der Waals surface area contributed by atoms with Crippen LogP contribution in [0, 0.1) is 0 Å². The lowest BCUT2D eigenvalue weighted by molar-refractivity contribution is -0.150. The number of ether oxygens (including phenoxy) is 3. The zero-order valence-corrected chi connectivity index (χ0v) is 61.2. The van der Waals surface area contributed by atoms with E-state index in [0.717, 1.165) is 174 Å². The highest BCUT2D eigenvalue weighted by atomic mass is 16.5. The fourth-order valence-corrected chi connectivity index (χ4v) is 12.2. The minimum atomic E-state index is -0.749. The Morgan fingerprint density at radius 1 is 0.348 bits per heavy atom. The van der Waals surface area contributed by atoms with E-state index in [1.807, 2.05) is 19.0 Å². The summed E-state index contributed by atoms with van der Waals surface area (Å²) in [5.74, 6) is -1.33. The van der Waals surface area contributed by atoms with Crippen molar-refractivity contribution >= 4 is 35.7 Å². The molecule has 15 nitrogen and oxygen atoms in total. The number of rotatable bonds is 73. The Morgan fingerprint density at radius 3 is 1.02 bits per heavy atom. The van der Waals surface area contributed by atoms with Crippen LogP contribution in [0.15, 0.2) is 0 Å². The molecule has 0 aliphatic heterocycles. The maximum absolute atomic E-state index is 13.8. The van der Waals surface area contributed by atoms with Crippen LogP contribution in [0.3, 0.4) is 0 Å². The second-order valence-electron chi connectivity index (χ2n) is 27.4. The van der Waals surface area contributed by atoms with E-state index < -0.39 is 12.0 Å². The van der Waals surface area contributed by atoms with E-state index >= 15 is 0 Å². The van der Waals surface area contributed by atoms with E-state index in [-0.39, 0.29) is 48.7 Å². The molecule has 0 aliphatic rings. The van der Waals surface area contributed by atoms with Crippen molar-refractivity contribution in [1.82, 2.24) is 25.3 Å². The summed E-state index contributed by atoms with van der Waals surface area (Å²) >= 11 is 0. The van der Waals surface area contributed by atoms with Gasteiger partial charge < -0.3 is 39.8 Å². The Bertz CT molecular complexity index is 1670. The number of carbonyl (C=O) groups is 6. The normalized spacial score (nSPS) is 11.9. The van der Waals surface area contributed by atoms with Crippen LogP contribution in [0.2, 0.25) is 0 Å². The van der Waals surface area contributed by atoms with E-state index in [1.54, 1.807) is 0 Å². The third-order valence-electron chi connectivity index (χ3n) is 18.3. The number of amides is 2. The van der Waals surface area contributed by atoms with Crippen LogP contribution < -0.4 is 10.6 Å². The average Bonchev–Trinajstić information content (AvgIpc) is 3.71. The zero-order chi connectivity index (χ0) is 67.4. The van der Waals surface area contributed by atoms with Crippen LogP contribution in [0.25, 0.3) is 0 Å². The second kappa shape index (κ2) is 69.1. The summed E-state index contributed by atoms with van der Waals surface area (Å²) in [5.41, 5.74) is 0. The van der Waals surface area contributed by atoms with Gasteiger partial charge in [-0.3, -0.25) is 33.7 Å². The van der Waals surface area contributed by atoms with E-state index in [1.165, 1.54) is 154 Å². The molecule has 0 aromatic heterocycles. The fraction of sp³-hybridized carbons (Fsp3) is 0.922. The predicted octanol–water partition coefficient (Wildman–Crippen LogP) is 18.6. The lowest BCUT2D eigenvalue weighted by Gasteiger charge is -2.26. The number of aliphatic carboxylic acids is 1. The molecule has 3 N–H and O–H groups in total. The van der Waals surface area contributed by atoms with Gasteiger partial charge in [-0.15, -0.1) is 0 Å². The van der Waals surface area contributed by atoms with Gasteiger partial charge in [-0.2, -0.15) is 0 Å². The maximum atomic E-state index is 13.8. The molecule has 0 saturated carbocycles. The highest BCUT2D eigenvalue weighted by Gasteiger charge is 2.24. The van der Waals surface area contributed by atoms with Gasteiger partial charge in [-0.25, -0.2) is 0 Å². The van der Waals surface area contributed by atoms with Crippen LogP contribution in [-0.2, 0) is 43.0 Å². The van der Waals surface area contributed by atoms with Gasteiger partial charge in [0.1, 0.15) is 6.10 Å². The molecule has 0 fully saturated rings. The molecule has 0 aromatic carbocycles. The SMILES string of the molecule is CCCCCCCCCCCOC(=O)CCCCCN(CCCCCCCC(=O)O)CCNC(=O)CC(C(=O)NCCN(CCCCCCCC(=O)OC(CCCCCCCC)CCCCCCCC)CCCCCC(=O)OCCCCCCCCCCC)N(C)C. The first-order chi connectivity index (χ1) is 44.9. The minimum absolute atomic E-state index is 0.0345. The smallest absolute Gasteiger partial charge is 0.306 e. The van der Waals surface area contributed by atoms with E-state index in [2.05, 4.69) is 48.1 Å². The van der Waals surface area contributed by atoms with Gasteiger partial charge >= 0.3 is 23.9 Å². The second-order valence-corrected chi connectivity index (χ2v) is 27.4. The standard InChI is InChI=1S/C77H149N5O10/c1-7-11-15-19-23-25-27-37-51-67-90-74(86)56-45-39-49-63-81(61-47-35-29-33-43-55-73(84)85)65-59-78-72(83)69-71(80(5)6)77(89)79-60-66-82(64-50-40-46-57-75(87)91-68-52-38-28-26-24-20-16-12-8-2)62-48-36-30-34-44-58-76(88)92-70(53-41-31-21-17-13-9-3)54-42-32-22-18-14-10-4/h70-71H,7-69H2,1-6H3,(H,78,83)(H,79,89)(H,84,85). The minimum Gasteiger partial charge on any atom is -0.481 e. The molecular weight excluding hydrogens is 1150 g/mol. The molecule has 0 bridgehead atoms. The average molecular weight is 1310 g/mol. The Kier molecular flexibility index (Phi) is 66.6. The summed E-state index contributed by atoms with van der Waals surface area (Å²) in [6.07, 6.45) is 55.7. The molecule has 0 radical (unpaired) electrons. The van der Waals surface area contributed by atoms with E-state index in [9.17, 15) is 28.8 Å². The molecule has 15 heteroatoms. The number of nitrogens with zero attached hydrogens (tertiary/aromatic N) is 3. The molecule has 0 saturated heterocycles. The number of carboxylic acids is 1. The third kappa shape index (κ3) is 62.8. The first-order valence-corrected chi connectivity index (χ1v) is 39.2. The summed E-state index contributed by atoms with van der Waals surface area (Å²) in [5, 5.41) is 15.3. The molecular formula is C77H149N5O10. The quantitative estimate of drug-likeness (QED) is 0.0297. The van der Waals surface area contributed by atoms with Crippen LogP contribution in [0.1, 0.15) is 368 Å². The number of likely N-dealkylation sites (N-methyl/N-ethyl adjacent to an activating group) is 1. The largest absolute Gasteiger partial charge is 0.481 e. The van der Waals surface area contributed by atoms with Crippen molar-refractivity contribution in [3.8, 4) is 0 Å². The Hall–Kier alpha value is -3.30. The summed E-state index contributed by atoms with van der Waals surface area (Å²) in [6.45, 7) is 15.8. The van der Waals surface area contributed by atoms with Crippen molar-refractivity contribution in [3.05, 3.63) is 0 Å². The molecule has 542 valence electrons. The summed E-state index contributed by atoms with van der Waals surface area (Å²) < 4.78 is 17.2. The van der Waals surface area contributed by atoms with E-state index in [4.69, 9.17) is 19.3 Å². The van der Waals surface area contributed by atoms with Gasteiger partial charge in [0, 0.05) is 51.9 Å². The number of nitrogens with one attached hydrogen (secondary N) is 2. The number of carbonyl (C=O) groups excluding carboxylic acids is 5. The van der Waals surface area contributed by atoms with Crippen molar-refractivity contribution in [1.29, 1.82) is 0 Å². The Morgan fingerprint density at radius 2 is 0.652 bits per heavy atom. The summed E-state index contributed by atoms with van der Waals surface area (Å²) in [7, 11) is 3.68. The lowest BCUT2D eigenvalue weighted by Crippen LogP contribution is -2.48. The number of unbranched alkanes of at least 4 members (excludes halogenated alkanes) is 38. The third-order valence-corrected chi connectivity index (χ3v) is 18.3. The topological polar surface area (TPSA) is 184 Å². The lowest BCUT2D eigenvalue weighted by atomic mass is 10.0. The van der Waals surface area contributed by atoms with Crippen molar-refractivity contribution < 1.29 is 48.1 Å². The molecule has 1 unspecified atom stereocenters. The number of esters is 3. The van der Waals surface area contributed by atoms with Gasteiger partial charge in [-0.05, 0) is 130 Å². The van der Waals surface area contributed by atoms with Crippen molar-refractivity contribution in [2.24, 2.45) is 0 Å². The molecule has 0 aromatic rings. The monoisotopic (exact) mass is 1300 g/mol. The molecule has 0 rings (SSSR count). The maximum Gasteiger partial charge on any atom is 0.306 e. The van der Waals surface area contributed by atoms with Crippen molar-refractivity contribution in [2.45, 2.75) is 380 Å². The highest BCUT2D eigenvalue weighted by Crippen LogP contribution is 2.20.